The number of nitrogens with one attached hydrogen (secondary N) is 1. The Morgan fingerprint density at radius 3 is 2.64 bits per heavy atom. The van der Waals surface area contributed by atoms with E-state index in [1.54, 1.807) is 0 Å². The van der Waals surface area contributed by atoms with Gasteiger partial charge in [0.2, 0.25) is 0 Å². The molecule has 2 rings (SSSR count). The van der Waals surface area contributed by atoms with Gasteiger partial charge in [0, 0.05) is 12.2 Å². The minimum Gasteiger partial charge on any atom is -0.385 e. The van der Waals surface area contributed by atoms with Crippen LogP contribution in [-0.4, -0.2) is 6.54 Å². The van der Waals surface area contributed by atoms with Crippen LogP contribution in [0, 0.1) is 11.3 Å². The van der Waals surface area contributed by atoms with E-state index in [4.69, 9.17) is 0 Å². The van der Waals surface area contributed by atoms with Gasteiger partial charge in [-0.2, -0.15) is 0 Å². The monoisotopic (exact) mass is 189 g/mol. The molecule has 0 amide bonds. The van der Waals surface area contributed by atoms with E-state index in [1.165, 1.54) is 17.7 Å². The second-order valence-electron chi connectivity index (χ2n) is 5.31. The summed E-state index contributed by atoms with van der Waals surface area (Å²) in [5.74, 6) is 0.748. The molecule has 1 N–H and O–H groups in total. The minimum atomic E-state index is 0.403. The van der Waals surface area contributed by atoms with E-state index < -0.39 is 0 Å². The van der Waals surface area contributed by atoms with Gasteiger partial charge in [0.05, 0.1) is 0 Å². The maximum atomic E-state index is 3.52. The molecule has 1 aliphatic rings. The van der Waals surface area contributed by atoms with Crippen LogP contribution in [0.15, 0.2) is 24.3 Å². The van der Waals surface area contributed by atoms with Gasteiger partial charge in [0.25, 0.3) is 0 Å². The highest BCUT2D eigenvalue weighted by Gasteiger charge is 2.28. The van der Waals surface area contributed by atoms with Crippen molar-refractivity contribution < 1.29 is 0 Å². The zero-order valence-corrected chi connectivity index (χ0v) is 9.30. The van der Waals surface area contributed by atoms with Crippen LogP contribution in [0.2, 0.25) is 0 Å². The highest BCUT2D eigenvalue weighted by molar-refractivity contribution is 5.53. The average molecular weight is 189 g/mol. The molecule has 0 saturated carbocycles. The van der Waals surface area contributed by atoms with Gasteiger partial charge in [-0.1, -0.05) is 39.0 Å². The molecule has 1 atom stereocenters. The Balaban J connectivity index is 2.22. The van der Waals surface area contributed by atoms with Crippen molar-refractivity contribution in [3.05, 3.63) is 29.8 Å². The van der Waals surface area contributed by atoms with Crippen LogP contribution in [0.25, 0.3) is 0 Å². The molecular weight excluding hydrogens is 170 g/mol. The summed E-state index contributed by atoms with van der Waals surface area (Å²) in [4.78, 5) is 0. The maximum absolute atomic E-state index is 3.52. The highest BCUT2D eigenvalue weighted by atomic mass is 14.9. The van der Waals surface area contributed by atoms with Crippen LogP contribution >= 0.6 is 0 Å². The normalized spacial score (nSPS) is 21.2. The first kappa shape index (κ1) is 9.57. The van der Waals surface area contributed by atoms with Gasteiger partial charge in [-0.05, 0) is 29.4 Å². The molecule has 0 bridgehead atoms. The molecule has 1 aromatic rings. The lowest BCUT2D eigenvalue weighted by molar-refractivity contribution is 0.247. The second kappa shape index (κ2) is 3.30. The first-order valence-electron chi connectivity index (χ1n) is 5.39. The van der Waals surface area contributed by atoms with E-state index in [0.717, 1.165) is 12.5 Å². The predicted octanol–water partition coefficient (Wildman–Crippen LogP) is 3.32. The minimum absolute atomic E-state index is 0.403. The van der Waals surface area contributed by atoms with Gasteiger partial charge in [-0.3, -0.25) is 0 Å². The Hall–Kier alpha value is -0.980. The molecule has 0 radical (unpaired) electrons. The third kappa shape index (κ3) is 1.77. The lowest BCUT2D eigenvalue weighted by Crippen LogP contribution is -2.33. The first-order valence-corrected chi connectivity index (χ1v) is 5.39. The van der Waals surface area contributed by atoms with Gasteiger partial charge in [0.1, 0.15) is 0 Å². The summed E-state index contributed by atoms with van der Waals surface area (Å²) < 4.78 is 0. The molecule has 1 heterocycles. The van der Waals surface area contributed by atoms with E-state index >= 15 is 0 Å². The van der Waals surface area contributed by atoms with E-state index in [2.05, 4.69) is 50.4 Å². The van der Waals surface area contributed by atoms with Gasteiger partial charge in [-0.15, -0.1) is 0 Å². The van der Waals surface area contributed by atoms with E-state index in [9.17, 15) is 0 Å². The van der Waals surface area contributed by atoms with Crippen LogP contribution in [0.5, 0.6) is 0 Å². The predicted molar refractivity (Wildman–Crippen MR) is 61.6 cm³/mol. The number of fused-ring (bicyclic) bond motifs is 1. The lowest BCUT2D eigenvalue weighted by atomic mass is 9.75. The topological polar surface area (TPSA) is 12.0 Å². The van der Waals surface area contributed by atoms with Gasteiger partial charge in [0.15, 0.2) is 0 Å². The van der Waals surface area contributed by atoms with Crippen molar-refractivity contribution in [1.29, 1.82) is 0 Å². The van der Waals surface area contributed by atoms with Crippen LogP contribution in [0.1, 0.15) is 26.3 Å². The fraction of sp³-hybridized carbons (Fsp3) is 0.538. The summed E-state index contributed by atoms with van der Waals surface area (Å²) in [7, 11) is 0. The number of benzene rings is 1. The van der Waals surface area contributed by atoms with Crippen molar-refractivity contribution in [2.45, 2.75) is 27.2 Å². The SMILES string of the molecule is CC(C)(C)C1CNc2ccccc2C1. The number of hydrogen-bond donors (Lipinski definition) is 1. The largest absolute Gasteiger partial charge is 0.385 e. The van der Waals surface area contributed by atoms with Crippen LogP contribution in [-0.2, 0) is 6.42 Å². The summed E-state index contributed by atoms with van der Waals surface area (Å²) in [5.41, 5.74) is 3.20. The zero-order chi connectivity index (χ0) is 10.2. The Bertz CT molecular complexity index is 322. The van der Waals surface area contributed by atoms with Gasteiger partial charge < -0.3 is 5.32 Å². The summed E-state index contributed by atoms with van der Waals surface area (Å²) in [6.45, 7) is 8.09. The van der Waals surface area contributed by atoms with Crippen molar-refractivity contribution in [3.8, 4) is 0 Å². The standard InChI is InChI=1S/C13H19N/c1-13(2,3)11-8-10-6-4-5-7-12(10)14-9-11/h4-7,11,14H,8-9H2,1-3H3. The summed E-state index contributed by atoms with van der Waals surface area (Å²) in [5, 5.41) is 3.52. The smallest absolute Gasteiger partial charge is 0.0372 e. The second-order valence-corrected chi connectivity index (χ2v) is 5.31. The molecule has 0 fully saturated rings. The number of hydrogen-bond acceptors (Lipinski definition) is 1. The van der Waals surface area contributed by atoms with Gasteiger partial charge >= 0.3 is 0 Å². The molecule has 14 heavy (non-hydrogen) atoms. The number of para-hydroxylation sites is 1. The lowest BCUT2D eigenvalue weighted by Gasteiger charge is -2.35. The number of rotatable bonds is 0. The van der Waals surface area contributed by atoms with Gasteiger partial charge in [-0.25, -0.2) is 0 Å². The molecule has 0 saturated heterocycles. The third-order valence-corrected chi connectivity index (χ3v) is 3.25. The fourth-order valence-corrected chi connectivity index (χ4v) is 2.05. The molecular formula is C13H19N. The quantitative estimate of drug-likeness (QED) is 0.660. The summed E-state index contributed by atoms with van der Waals surface area (Å²) in [6, 6.07) is 8.64. The molecule has 1 heteroatoms. The Labute approximate surface area is 86.5 Å². The molecule has 76 valence electrons. The summed E-state index contributed by atoms with van der Waals surface area (Å²) >= 11 is 0. The van der Waals surface area contributed by atoms with Crippen molar-refractivity contribution in [2.24, 2.45) is 11.3 Å². The zero-order valence-electron chi connectivity index (χ0n) is 9.30. The first-order chi connectivity index (χ1) is 6.57. The molecule has 0 aliphatic carbocycles. The molecule has 1 aromatic carbocycles. The molecule has 0 spiro atoms. The maximum Gasteiger partial charge on any atom is 0.0372 e. The van der Waals surface area contributed by atoms with Crippen molar-refractivity contribution in [3.63, 3.8) is 0 Å². The Morgan fingerprint density at radius 2 is 1.93 bits per heavy atom. The van der Waals surface area contributed by atoms with Crippen molar-refractivity contribution >= 4 is 5.69 Å². The van der Waals surface area contributed by atoms with Crippen molar-refractivity contribution in [2.75, 3.05) is 11.9 Å². The fourth-order valence-electron chi connectivity index (χ4n) is 2.05. The molecule has 1 nitrogen and oxygen atoms in total. The molecule has 1 unspecified atom stereocenters. The van der Waals surface area contributed by atoms with E-state index in [1.807, 2.05) is 0 Å². The molecule has 0 aromatic heterocycles. The van der Waals surface area contributed by atoms with Crippen LogP contribution in [0.4, 0.5) is 5.69 Å². The van der Waals surface area contributed by atoms with E-state index in [-0.39, 0.29) is 0 Å². The highest BCUT2D eigenvalue weighted by Crippen LogP contribution is 2.34. The third-order valence-electron chi connectivity index (χ3n) is 3.25. The Morgan fingerprint density at radius 1 is 1.21 bits per heavy atom. The van der Waals surface area contributed by atoms with Crippen LogP contribution in [0.3, 0.4) is 0 Å². The number of anilines is 1. The average Bonchev–Trinajstić information content (AvgIpc) is 2.16. The molecule has 1 aliphatic heterocycles. The van der Waals surface area contributed by atoms with Crippen molar-refractivity contribution in [1.82, 2.24) is 0 Å². The van der Waals surface area contributed by atoms with E-state index in [0.29, 0.717) is 5.41 Å². The summed E-state index contributed by atoms with van der Waals surface area (Å²) in [6.07, 6.45) is 1.21. The van der Waals surface area contributed by atoms with Crippen LogP contribution < -0.4 is 5.32 Å². The Kier molecular flexibility index (Phi) is 2.26.